The van der Waals surface area contributed by atoms with Crippen LogP contribution in [-0.2, 0) is 10.2 Å². The molecule has 1 aliphatic heterocycles. The van der Waals surface area contributed by atoms with E-state index in [2.05, 4.69) is 16.0 Å². The molecule has 1 aromatic carbocycles. The molecule has 1 heterocycles. The van der Waals surface area contributed by atoms with Crippen LogP contribution in [0.1, 0.15) is 29.8 Å². The van der Waals surface area contributed by atoms with Crippen LogP contribution < -0.4 is 16.0 Å². The molecule has 0 aromatic heterocycles. The van der Waals surface area contributed by atoms with E-state index in [1.165, 1.54) is 0 Å². The van der Waals surface area contributed by atoms with Crippen molar-refractivity contribution in [3.63, 3.8) is 0 Å². The maximum absolute atomic E-state index is 11.9. The number of benzene rings is 1. The van der Waals surface area contributed by atoms with Crippen molar-refractivity contribution in [3.05, 3.63) is 29.3 Å². The minimum absolute atomic E-state index is 0.195. The lowest BCUT2D eigenvalue weighted by Crippen LogP contribution is -2.48. The molecular weight excluding hydrogens is 258 g/mol. The number of anilines is 1. The molecule has 0 radical (unpaired) electrons. The van der Waals surface area contributed by atoms with Gasteiger partial charge in [0, 0.05) is 11.3 Å². The Hall–Kier alpha value is -2.88. The Kier molecular flexibility index (Phi) is 3.16. The predicted octanol–water partition coefficient (Wildman–Crippen LogP) is 0.652. The number of imide groups is 1. The number of hydrogen-bond donors (Lipinski definition) is 4. The van der Waals surface area contributed by atoms with Crippen molar-refractivity contribution in [2.24, 2.45) is 0 Å². The van der Waals surface area contributed by atoms with Crippen molar-refractivity contribution >= 4 is 23.5 Å². The van der Waals surface area contributed by atoms with Gasteiger partial charge in [0.2, 0.25) is 11.9 Å². The molecule has 0 atom stereocenters. The number of carbonyl (C=O) groups excluding carboxylic acids is 2. The first-order chi connectivity index (χ1) is 9.36. The SMILES string of the molecule is CC1(C)C(=O)NC(=O)c2cc(NC(=N)NC#N)ccc21. The predicted molar refractivity (Wildman–Crippen MR) is 72.0 cm³/mol. The van der Waals surface area contributed by atoms with Gasteiger partial charge < -0.3 is 5.32 Å². The molecular formula is C13H13N5O2. The molecule has 2 rings (SSSR count). The van der Waals surface area contributed by atoms with Crippen LogP contribution in [0, 0.1) is 16.9 Å². The Morgan fingerprint density at radius 2 is 2.10 bits per heavy atom. The highest BCUT2D eigenvalue weighted by molar-refractivity contribution is 6.13. The highest BCUT2D eigenvalue weighted by Gasteiger charge is 2.39. The average molecular weight is 271 g/mol. The summed E-state index contributed by atoms with van der Waals surface area (Å²) >= 11 is 0. The molecule has 4 N–H and O–H groups in total. The molecule has 102 valence electrons. The second kappa shape index (κ2) is 4.66. The van der Waals surface area contributed by atoms with Crippen molar-refractivity contribution in [2.45, 2.75) is 19.3 Å². The summed E-state index contributed by atoms with van der Waals surface area (Å²) < 4.78 is 0. The third-order valence-electron chi connectivity index (χ3n) is 3.18. The quantitative estimate of drug-likeness (QED) is 0.197. The third-order valence-corrected chi connectivity index (χ3v) is 3.18. The van der Waals surface area contributed by atoms with Crippen LogP contribution >= 0.6 is 0 Å². The van der Waals surface area contributed by atoms with Crippen LogP contribution in [0.25, 0.3) is 0 Å². The van der Waals surface area contributed by atoms with Gasteiger partial charge >= 0.3 is 0 Å². The largest absolute Gasteiger partial charge is 0.326 e. The van der Waals surface area contributed by atoms with E-state index in [1.807, 2.05) is 0 Å². The topological polar surface area (TPSA) is 118 Å². The Labute approximate surface area is 115 Å². The Morgan fingerprint density at radius 3 is 2.75 bits per heavy atom. The summed E-state index contributed by atoms with van der Waals surface area (Å²) in [6.07, 6.45) is 1.62. The summed E-state index contributed by atoms with van der Waals surface area (Å²) in [4.78, 5) is 23.7. The fraction of sp³-hybridized carbons (Fsp3) is 0.231. The number of amides is 2. The average Bonchev–Trinajstić information content (AvgIpc) is 2.37. The standard InChI is InChI=1S/C13H13N5O2/c1-13(2)9-4-3-7(17-12(15)16-6-14)5-8(9)10(19)18-11(13)20/h3-5H,1-2H3,(H3,15,16,17)(H,18,19,20). The van der Waals surface area contributed by atoms with Gasteiger partial charge in [-0.1, -0.05) is 6.07 Å². The molecule has 0 saturated heterocycles. The van der Waals surface area contributed by atoms with Gasteiger partial charge in [-0.15, -0.1) is 0 Å². The van der Waals surface area contributed by atoms with Crippen LogP contribution in [-0.4, -0.2) is 17.8 Å². The lowest BCUT2D eigenvalue weighted by molar-refractivity contribution is -0.125. The lowest BCUT2D eigenvalue weighted by atomic mass is 9.78. The molecule has 0 spiro atoms. The Bertz CT molecular complexity index is 657. The zero-order valence-corrected chi connectivity index (χ0v) is 11.0. The highest BCUT2D eigenvalue weighted by atomic mass is 16.2. The monoisotopic (exact) mass is 271 g/mol. The zero-order valence-electron chi connectivity index (χ0n) is 11.0. The Balaban J connectivity index is 2.39. The van der Waals surface area contributed by atoms with Crippen LogP contribution in [0.2, 0.25) is 0 Å². The molecule has 0 bridgehead atoms. The highest BCUT2D eigenvalue weighted by Crippen LogP contribution is 2.32. The molecule has 1 aliphatic rings. The summed E-state index contributed by atoms with van der Waals surface area (Å²) in [6, 6.07) is 4.88. The fourth-order valence-electron chi connectivity index (χ4n) is 2.04. The first-order valence-electron chi connectivity index (χ1n) is 5.87. The molecule has 0 saturated carbocycles. The van der Waals surface area contributed by atoms with Crippen molar-refractivity contribution < 1.29 is 9.59 Å². The van der Waals surface area contributed by atoms with Crippen molar-refractivity contribution in [2.75, 3.05) is 5.32 Å². The number of rotatable bonds is 1. The number of nitriles is 1. The van der Waals surface area contributed by atoms with Crippen LogP contribution in [0.5, 0.6) is 0 Å². The normalized spacial score (nSPS) is 15.7. The van der Waals surface area contributed by atoms with E-state index < -0.39 is 11.3 Å². The van der Waals surface area contributed by atoms with Crippen LogP contribution in [0.4, 0.5) is 5.69 Å². The maximum Gasteiger partial charge on any atom is 0.258 e. The second-order valence-electron chi connectivity index (χ2n) is 4.91. The molecule has 2 amide bonds. The fourth-order valence-corrected chi connectivity index (χ4v) is 2.04. The van der Waals surface area contributed by atoms with Crippen LogP contribution in [0.15, 0.2) is 18.2 Å². The van der Waals surface area contributed by atoms with Gasteiger partial charge in [0.15, 0.2) is 6.19 Å². The van der Waals surface area contributed by atoms with Gasteiger partial charge in [-0.05, 0) is 31.5 Å². The molecule has 7 nitrogen and oxygen atoms in total. The second-order valence-corrected chi connectivity index (χ2v) is 4.91. The number of nitrogens with zero attached hydrogens (tertiary/aromatic N) is 1. The Morgan fingerprint density at radius 1 is 1.40 bits per heavy atom. The van der Waals surface area contributed by atoms with E-state index in [0.29, 0.717) is 16.8 Å². The molecule has 1 aromatic rings. The molecule has 0 fully saturated rings. The van der Waals surface area contributed by atoms with E-state index in [9.17, 15) is 9.59 Å². The van der Waals surface area contributed by atoms with E-state index in [0.717, 1.165) is 0 Å². The van der Waals surface area contributed by atoms with Gasteiger partial charge in [-0.25, -0.2) is 0 Å². The summed E-state index contributed by atoms with van der Waals surface area (Å²) in [6.45, 7) is 3.47. The third kappa shape index (κ3) is 2.19. The van der Waals surface area contributed by atoms with Crippen molar-refractivity contribution in [1.82, 2.24) is 10.6 Å². The lowest BCUT2D eigenvalue weighted by Gasteiger charge is -2.30. The van der Waals surface area contributed by atoms with E-state index in [-0.39, 0.29) is 11.9 Å². The van der Waals surface area contributed by atoms with Gasteiger partial charge in [-0.3, -0.25) is 25.6 Å². The van der Waals surface area contributed by atoms with Gasteiger partial charge in [-0.2, -0.15) is 5.26 Å². The van der Waals surface area contributed by atoms with E-state index >= 15 is 0 Å². The first-order valence-corrected chi connectivity index (χ1v) is 5.87. The minimum atomic E-state index is -0.791. The summed E-state index contributed by atoms with van der Waals surface area (Å²) in [5, 5.41) is 22.9. The maximum atomic E-state index is 11.9. The van der Waals surface area contributed by atoms with E-state index in [4.69, 9.17) is 10.7 Å². The van der Waals surface area contributed by atoms with Crippen molar-refractivity contribution in [1.29, 1.82) is 10.7 Å². The van der Waals surface area contributed by atoms with Gasteiger partial charge in [0.1, 0.15) is 0 Å². The van der Waals surface area contributed by atoms with Gasteiger partial charge in [0.25, 0.3) is 5.91 Å². The zero-order chi connectivity index (χ0) is 14.9. The molecule has 7 heteroatoms. The van der Waals surface area contributed by atoms with Crippen LogP contribution in [0.3, 0.4) is 0 Å². The summed E-state index contributed by atoms with van der Waals surface area (Å²) in [5.74, 6) is -0.999. The smallest absolute Gasteiger partial charge is 0.258 e. The number of carbonyl (C=O) groups is 2. The summed E-state index contributed by atoms with van der Waals surface area (Å²) in [5.41, 5.74) is 0.706. The molecule has 20 heavy (non-hydrogen) atoms. The van der Waals surface area contributed by atoms with Crippen molar-refractivity contribution in [3.8, 4) is 6.19 Å². The summed E-state index contributed by atoms with van der Waals surface area (Å²) in [7, 11) is 0. The number of hydrogen-bond acceptors (Lipinski definition) is 4. The number of nitrogens with one attached hydrogen (secondary N) is 4. The number of fused-ring (bicyclic) bond motifs is 1. The van der Waals surface area contributed by atoms with E-state index in [1.54, 1.807) is 38.2 Å². The number of guanidine groups is 1. The first kappa shape index (κ1) is 13.5. The minimum Gasteiger partial charge on any atom is -0.326 e. The molecule has 0 aliphatic carbocycles. The molecule has 0 unspecified atom stereocenters. The van der Waals surface area contributed by atoms with Gasteiger partial charge in [0.05, 0.1) is 5.41 Å².